The Kier molecular flexibility index (Phi) is 4.75. The van der Waals surface area contributed by atoms with Crippen LogP contribution in [0.2, 0.25) is 0 Å². The van der Waals surface area contributed by atoms with E-state index in [2.05, 4.69) is 17.1 Å². The minimum atomic E-state index is -0.750. The number of unbranched alkanes of at least 4 members (excludes halogenated alkanes) is 2. The molecule has 0 aromatic heterocycles. The molecule has 1 aliphatic heterocycles. The zero-order valence-corrected chi connectivity index (χ0v) is 9.32. The molecule has 90 valence electrons. The quantitative estimate of drug-likeness (QED) is 0.562. The fourth-order valence-electron chi connectivity index (χ4n) is 1.34. The second-order valence-corrected chi connectivity index (χ2v) is 3.59. The van der Waals surface area contributed by atoms with Crippen molar-refractivity contribution in [2.75, 3.05) is 6.54 Å². The Hall–Kier alpha value is -1.59. The molecule has 1 fully saturated rings. The predicted octanol–water partition coefficient (Wildman–Crippen LogP) is 0.967. The Morgan fingerprint density at radius 1 is 1.31 bits per heavy atom. The summed E-state index contributed by atoms with van der Waals surface area (Å²) in [6.45, 7) is 2.54. The standard InChI is InChI=1S/C10H16N2O4/c1-2-3-4-7-11-10(15)16-12-8(13)5-6-9(12)14/h2-7H2,1H3,(H,11,15). The first-order chi connectivity index (χ1) is 7.65. The molecular weight excluding hydrogens is 212 g/mol. The van der Waals surface area contributed by atoms with Crippen LogP contribution >= 0.6 is 0 Å². The zero-order chi connectivity index (χ0) is 12.0. The third kappa shape index (κ3) is 3.52. The number of amides is 3. The van der Waals surface area contributed by atoms with Crippen LogP contribution < -0.4 is 5.32 Å². The third-order valence-electron chi connectivity index (χ3n) is 2.23. The van der Waals surface area contributed by atoms with Gasteiger partial charge < -0.3 is 10.2 Å². The topological polar surface area (TPSA) is 75.7 Å². The smallest absolute Gasteiger partial charge is 0.320 e. The Balaban J connectivity index is 2.23. The highest BCUT2D eigenvalue weighted by Gasteiger charge is 2.32. The molecule has 1 rings (SSSR count). The number of hydrogen-bond donors (Lipinski definition) is 1. The van der Waals surface area contributed by atoms with Crippen molar-refractivity contribution in [1.29, 1.82) is 0 Å². The highest BCUT2D eigenvalue weighted by Crippen LogP contribution is 2.11. The highest BCUT2D eigenvalue weighted by atomic mass is 16.7. The first-order valence-corrected chi connectivity index (χ1v) is 5.46. The number of nitrogens with zero attached hydrogens (tertiary/aromatic N) is 1. The lowest BCUT2D eigenvalue weighted by Gasteiger charge is -2.12. The summed E-state index contributed by atoms with van der Waals surface area (Å²) in [5.74, 6) is -0.928. The van der Waals surface area contributed by atoms with Crippen LogP contribution in [-0.2, 0) is 14.4 Å². The second kappa shape index (κ2) is 6.09. The summed E-state index contributed by atoms with van der Waals surface area (Å²) in [5, 5.41) is 3.02. The summed E-state index contributed by atoms with van der Waals surface area (Å²) in [5.41, 5.74) is 0. The minimum Gasteiger partial charge on any atom is -0.320 e. The van der Waals surface area contributed by atoms with Crippen molar-refractivity contribution in [3.05, 3.63) is 0 Å². The maximum Gasteiger partial charge on any atom is 0.432 e. The summed E-state index contributed by atoms with van der Waals surface area (Å²) >= 11 is 0. The molecule has 0 aromatic rings. The molecule has 1 N–H and O–H groups in total. The number of carbonyl (C=O) groups excluding carboxylic acids is 3. The van der Waals surface area contributed by atoms with E-state index in [1.807, 2.05) is 0 Å². The van der Waals surface area contributed by atoms with Crippen LogP contribution in [0.25, 0.3) is 0 Å². The predicted molar refractivity (Wildman–Crippen MR) is 55.1 cm³/mol. The third-order valence-corrected chi connectivity index (χ3v) is 2.23. The van der Waals surface area contributed by atoms with Crippen molar-refractivity contribution in [1.82, 2.24) is 10.4 Å². The van der Waals surface area contributed by atoms with Crippen molar-refractivity contribution in [3.63, 3.8) is 0 Å². The van der Waals surface area contributed by atoms with Crippen molar-refractivity contribution in [2.24, 2.45) is 0 Å². The van der Waals surface area contributed by atoms with E-state index in [1.165, 1.54) is 0 Å². The summed E-state index contributed by atoms with van der Waals surface area (Å²) in [6.07, 6.45) is 2.40. The van der Waals surface area contributed by atoms with Crippen molar-refractivity contribution in [2.45, 2.75) is 39.0 Å². The largest absolute Gasteiger partial charge is 0.432 e. The molecular formula is C10H16N2O4. The molecule has 0 bridgehead atoms. The van der Waals surface area contributed by atoms with Gasteiger partial charge in [-0.1, -0.05) is 19.8 Å². The number of hydroxylamine groups is 2. The van der Waals surface area contributed by atoms with E-state index in [0.717, 1.165) is 19.3 Å². The maximum atomic E-state index is 11.2. The zero-order valence-electron chi connectivity index (χ0n) is 9.32. The number of carbonyl (C=O) groups is 3. The van der Waals surface area contributed by atoms with Crippen molar-refractivity contribution in [3.8, 4) is 0 Å². The average molecular weight is 228 g/mol. The van der Waals surface area contributed by atoms with Crippen molar-refractivity contribution < 1.29 is 19.2 Å². The molecule has 0 atom stereocenters. The van der Waals surface area contributed by atoms with E-state index >= 15 is 0 Å². The number of nitrogens with one attached hydrogen (secondary N) is 1. The Labute approximate surface area is 93.9 Å². The lowest BCUT2D eigenvalue weighted by atomic mass is 10.2. The molecule has 0 aliphatic carbocycles. The van der Waals surface area contributed by atoms with Crippen LogP contribution in [0.5, 0.6) is 0 Å². The van der Waals surface area contributed by atoms with Gasteiger partial charge in [0.05, 0.1) is 0 Å². The summed E-state index contributed by atoms with van der Waals surface area (Å²) < 4.78 is 0. The van der Waals surface area contributed by atoms with E-state index in [0.29, 0.717) is 11.6 Å². The number of rotatable bonds is 5. The van der Waals surface area contributed by atoms with Gasteiger partial charge in [-0.25, -0.2) is 4.79 Å². The van der Waals surface area contributed by atoms with Gasteiger partial charge in [-0.3, -0.25) is 9.59 Å². The fraction of sp³-hybridized carbons (Fsp3) is 0.700. The van der Waals surface area contributed by atoms with Crippen LogP contribution in [-0.4, -0.2) is 29.5 Å². The Morgan fingerprint density at radius 2 is 1.94 bits per heavy atom. The lowest BCUT2D eigenvalue weighted by Crippen LogP contribution is -2.37. The maximum absolute atomic E-state index is 11.2. The van der Waals surface area contributed by atoms with Crippen LogP contribution in [0, 0.1) is 0 Å². The fourth-order valence-corrected chi connectivity index (χ4v) is 1.34. The Bertz CT molecular complexity index is 275. The van der Waals surface area contributed by atoms with Gasteiger partial charge in [-0.05, 0) is 6.42 Å². The minimum absolute atomic E-state index is 0.113. The molecule has 1 aliphatic rings. The summed E-state index contributed by atoms with van der Waals surface area (Å²) in [4.78, 5) is 38.0. The molecule has 1 heterocycles. The number of hydrogen-bond acceptors (Lipinski definition) is 4. The molecule has 3 amide bonds. The second-order valence-electron chi connectivity index (χ2n) is 3.59. The molecule has 0 unspecified atom stereocenters. The van der Waals surface area contributed by atoms with E-state index in [1.54, 1.807) is 0 Å². The van der Waals surface area contributed by atoms with Gasteiger partial charge in [-0.2, -0.15) is 0 Å². The van der Waals surface area contributed by atoms with Gasteiger partial charge in [0.25, 0.3) is 11.8 Å². The molecule has 6 heteroatoms. The van der Waals surface area contributed by atoms with Gasteiger partial charge in [0.1, 0.15) is 0 Å². The molecule has 6 nitrogen and oxygen atoms in total. The normalized spacial score (nSPS) is 15.4. The summed E-state index contributed by atoms with van der Waals surface area (Å²) in [6, 6.07) is 0. The molecule has 0 aromatic carbocycles. The van der Waals surface area contributed by atoms with E-state index < -0.39 is 17.9 Å². The molecule has 0 saturated carbocycles. The number of imide groups is 1. The van der Waals surface area contributed by atoms with Gasteiger partial charge in [0, 0.05) is 19.4 Å². The summed E-state index contributed by atoms with van der Waals surface area (Å²) in [7, 11) is 0. The monoisotopic (exact) mass is 228 g/mol. The van der Waals surface area contributed by atoms with Crippen LogP contribution in [0.4, 0.5) is 4.79 Å². The average Bonchev–Trinajstić information content (AvgIpc) is 2.56. The molecule has 0 radical (unpaired) electrons. The van der Waals surface area contributed by atoms with Gasteiger partial charge >= 0.3 is 6.09 Å². The van der Waals surface area contributed by atoms with Gasteiger partial charge in [-0.15, -0.1) is 5.06 Å². The van der Waals surface area contributed by atoms with E-state index in [9.17, 15) is 14.4 Å². The molecule has 16 heavy (non-hydrogen) atoms. The van der Waals surface area contributed by atoms with Crippen LogP contribution in [0.15, 0.2) is 0 Å². The van der Waals surface area contributed by atoms with Crippen LogP contribution in [0.1, 0.15) is 39.0 Å². The SMILES string of the molecule is CCCCCNC(=O)ON1C(=O)CCC1=O. The van der Waals surface area contributed by atoms with Crippen molar-refractivity contribution >= 4 is 17.9 Å². The first-order valence-electron chi connectivity index (χ1n) is 5.46. The van der Waals surface area contributed by atoms with E-state index in [4.69, 9.17) is 0 Å². The molecule has 0 spiro atoms. The highest BCUT2D eigenvalue weighted by molar-refractivity contribution is 6.01. The lowest BCUT2D eigenvalue weighted by molar-refractivity contribution is -0.171. The van der Waals surface area contributed by atoms with Gasteiger partial charge in [0.2, 0.25) is 0 Å². The first kappa shape index (κ1) is 12.5. The molecule has 1 saturated heterocycles. The van der Waals surface area contributed by atoms with Gasteiger partial charge in [0.15, 0.2) is 0 Å². The Morgan fingerprint density at radius 3 is 2.50 bits per heavy atom. The van der Waals surface area contributed by atoms with E-state index in [-0.39, 0.29) is 12.8 Å². The van der Waals surface area contributed by atoms with Crippen LogP contribution in [0.3, 0.4) is 0 Å².